The van der Waals surface area contributed by atoms with Crippen molar-refractivity contribution in [3.05, 3.63) is 42.2 Å². The molecule has 4 nitrogen and oxygen atoms in total. The van der Waals surface area contributed by atoms with Crippen molar-refractivity contribution in [1.29, 1.82) is 0 Å². The third-order valence-corrected chi connectivity index (χ3v) is 4.18. The standard InChI is InChI=1S/C11H12N2O2S/c1-9-11(8-13(2)12-9)16(14,15)10-6-4-3-5-7-10/h3-8H,1-2H3. The largest absolute Gasteiger partial charge is 0.274 e. The van der Waals surface area contributed by atoms with Crippen LogP contribution in [0.1, 0.15) is 5.69 Å². The molecule has 0 atom stereocenters. The first kappa shape index (κ1) is 10.9. The van der Waals surface area contributed by atoms with Crippen molar-refractivity contribution in [2.45, 2.75) is 16.7 Å². The van der Waals surface area contributed by atoms with Crippen LogP contribution >= 0.6 is 0 Å². The zero-order valence-electron chi connectivity index (χ0n) is 9.08. The second-order valence-corrected chi connectivity index (χ2v) is 5.49. The minimum absolute atomic E-state index is 0.265. The Labute approximate surface area is 94.5 Å². The summed E-state index contributed by atoms with van der Waals surface area (Å²) in [5.41, 5.74) is 0.520. The molecule has 2 aromatic rings. The number of hydrogen-bond acceptors (Lipinski definition) is 3. The van der Waals surface area contributed by atoms with Crippen LogP contribution in [0.25, 0.3) is 0 Å². The van der Waals surface area contributed by atoms with Crippen molar-refractivity contribution in [3.63, 3.8) is 0 Å². The molecule has 2 rings (SSSR count). The van der Waals surface area contributed by atoms with Crippen LogP contribution in [-0.4, -0.2) is 18.2 Å². The van der Waals surface area contributed by atoms with E-state index in [-0.39, 0.29) is 4.90 Å². The highest BCUT2D eigenvalue weighted by atomic mass is 32.2. The second-order valence-electron chi connectivity index (χ2n) is 3.57. The van der Waals surface area contributed by atoms with Crippen LogP contribution in [0.3, 0.4) is 0 Å². The van der Waals surface area contributed by atoms with Crippen LogP contribution in [0.5, 0.6) is 0 Å². The monoisotopic (exact) mass is 236 g/mol. The predicted octanol–water partition coefficient (Wildman–Crippen LogP) is 1.56. The van der Waals surface area contributed by atoms with Gasteiger partial charge in [0.05, 0.1) is 10.6 Å². The molecule has 0 saturated carbocycles. The highest BCUT2D eigenvalue weighted by Gasteiger charge is 2.21. The Kier molecular flexibility index (Phi) is 2.55. The van der Waals surface area contributed by atoms with Gasteiger partial charge in [0.25, 0.3) is 0 Å². The number of benzene rings is 1. The summed E-state index contributed by atoms with van der Waals surface area (Å²) < 4.78 is 25.9. The maximum atomic E-state index is 12.2. The van der Waals surface area contributed by atoms with E-state index < -0.39 is 9.84 Å². The van der Waals surface area contributed by atoms with Crippen LogP contribution in [0.2, 0.25) is 0 Å². The average molecular weight is 236 g/mol. The van der Waals surface area contributed by atoms with Gasteiger partial charge in [-0.25, -0.2) is 8.42 Å². The maximum absolute atomic E-state index is 12.2. The molecule has 0 spiro atoms. The Morgan fingerprint density at radius 2 is 1.81 bits per heavy atom. The fourth-order valence-corrected chi connectivity index (χ4v) is 3.06. The van der Waals surface area contributed by atoms with Crippen molar-refractivity contribution in [2.75, 3.05) is 0 Å². The van der Waals surface area contributed by atoms with Crippen molar-refractivity contribution < 1.29 is 8.42 Å². The van der Waals surface area contributed by atoms with Crippen molar-refractivity contribution in [2.24, 2.45) is 7.05 Å². The van der Waals surface area contributed by atoms with E-state index >= 15 is 0 Å². The van der Waals surface area contributed by atoms with Crippen LogP contribution in [-0.2, 0) is 16.9 Å². The van der Waals surface area contributed by atoms with Gasteiger partial charge in [0.2, 0.25) is 9.84 Å². The zero-order valence-corrected chi connectivity index (χ0v) is 9.90. The van der Waals surface area contributed by atoms with Crippen LogP contribution in [0, 0.1) is 6.92 Å². The Hall–Kier alpha value is -1.62. The van der Waals surface area contributed by atoms with Crippen LogP contribution in [0.15, 0.2) is 46.3 Å². The molecule has 0 unspecified atom stereocenters. The summed E-state index contributed by atoms with van der Waals surface area (Å²) in [5.74, 6) is 0. The van der Waals surface area contributed by atoms with Gasteiger partial charge in [-0.2, -0.15) is 5.10 Å². The fourth-order valence-electron chi connectivity index (χ4n) is 1.57. The Morgan fingerprint density at radius 1 is 1.19 bits per heavy atom. The third-order valence-electron chi connectivity index (χ3n) is 2.31. The number of rotatable bonds is 2. The van der Waals surface area contributed by atoms with Gasteiger partial charge in [0.1, 0.15) is 4.90 Å². The average Bonchev–Trinajstić information content (AvgIpc) is 2.60. The van der Waals surface area contributed by atoms with E-state index in [0.29, 0.717) is 10.6 Å². The summed E-state index contributed by atoms with van der Waals surface area (Å²) in [4.78, 5) is 0.562. The molecule has 0 N–H and O–H groups in total. The molecule has 0 aliphatic heterocycles. The first-order chi connectivity index (χ1) is 7.51. The van der Waals surface area contributed by atoms with E-state index in [1.165, 1.54) is 10.9 Å². The highest BCUT2D eigenvalue weighted by Crippen LogP contribution is 2.22. The lowest BCUT2D eigenvalue weighted by Crippen LogP contribution is -2.02. The topological polar surface area (TPSA) is 52.0 Å². The van der Waals surface area contributed by atoms with Gasteiger partial charge in [-0.1, -0.05) is 18.2 Å². The highest BCUT2D eigenvalue weighted by molar-refractivity contribution is 7.91. The lowest BCUT2D eigenvalue weighted by atomic mass is 10.4. The SMILES string of the molecule is Cc1nn(C)cc1S(=O)(=O)c1ccccc1. The van der Waals surface area contributed by atoms with Gasteiger partial charge >= 0.3 is 0 Å². The Bertz CT molecular complexity index is 600. The molecule has 0 radical (unpaired) electrons. The minimum atomic E-state index is -3.43. The van der Waals surface area contributed by atoms with E-state index in [1.54, 1.807) is 44.3 Å². The second kappa shape index (κ2) is 3.75. The van der Waals surface area contributed by atoms with Gasteiger partial charge in [0.15, 0.2) is 0 Å². The summed E-state index contributed by atoms with van der Waals surface area (Å²) in [6, 6.07) is 8.37. The molecular formula is C11H12N2O2S. The van der Waals surface area contributed by atoms with Gasteiger partial charge in [-0.15, -0.1) is 0 Å². The Morgan fingerprint density at radius 3 is 2.31 bits per heavy atom. The normalized spacial score (nSPS) is 11.6. The van der Waals surface area contributed by atoms with Gasteiger partial charge in [-0.05, 0) is 19.1 Å². The molecular weight excluding hydrogens is 224 g/mol. The van der Waals surface area contributed by atoms with Gasteiger partial charge in [-0.3, -0.25) is 4.68 Å². The zero-order chi connectivity index (χ0) is 11.8. The van der Waals surface area contributed by atoms with Crippen molar-refractivity contribution in [3.8, 4) is 0 Å². The predicted molar refractivity (Wildman–Crippen MR) is 59.8 cm³/mol. The molecule has 0 aliphatic carbocycles. The molecule has 16 heavy (non-hydrogen) atoms. The van der Waals surface area contributed by atoms with Gasteiger partial charge in [0, 0.05) is 13.2 Å². The summed E-state index contributed by atoms with van der Waals surface area (Å²) in [6.07, 6.45) is 1.53. The molecule has 1 aromatic heterocycles. The molecule has 1 heterocycles. The molecule has 1 aromatic carbocycles. The number of aryl methyl sites for hydroxylation is 2. The van der Waals surface area contributed by atoms with Crippen molar-refractivity contribution in [1.82, 2.24) is 9.78 Å². The maximum Gasteiger partial charge on any atom is 0.209 e. The van der Waals surface area contributed by atoms with Crippen LogP contribution in [0.4, 0.5) is 0 Å². The number of aromatic nitrogens is 2. The summed E-state index contributed by atoms with van der Waals surface area (Å²) >= 11 is 0. The summed E-state index contributed by atoms with van der Waals surface area (Å²) in [7, 11) is -1.73. The number of hydrogen-bond donors (Lipinski definition) is 0. The molecule has 0 aliphatic rings. The summed E-state index contributed by atoms with van der Waals surface area (Å²) in [5, 5.41) is 4.04. The molecule has 84 valence electrons. The molecule has 0 amide bonds. The van der Waals surface area contributed by atoms with Crippen LogP contribution < -0.4 is 0 Å². The quantitative estimate of drug-likeness (QED) is 0.795. The number of sulfone groups is 1. The third kappa shape index (κ3) is 1.74. The van der Waals surface area contributed by atoms with E-state index in [2.05, 4.69) is 5.10 Å². The molecule has 0 bridgehead atoms. The molecule has 0 fully saturated rings. The van der Waals surface area contributed by atoms with E-state index in [0.717, 1.165) is 0 Å². The van der Waals surface area contributed by atoms with E-state index in [1.807, 2.05) is 0 Å². The smallest absolute Gasteiger partial charge is 0.209 e. The van der Waals surface area contributed by atoms with E-state index in [9.17, 15) is 8.42 Å². The lowest BCUT2D eigenvalue weighted by Gasteiger charge is -2.01. The lowest BCUT2D eigenvalue weighted by molar-refractivity contribution is 0.595. The first-order valence-corrected chi connectivity index (χ1v) is 6.30. The fraction of sp³-hybridized carbons (Fsp3) is 0.182. The molecule has 0 saturated heterocycles. The summed E-state index contributed by atoms with van der Waals surface area (Å²) in [6.45, 7) is 1.69. The van der Waals surface area contributed by atoms with Gasteiger partial charge < -0.3 is 0 Å². The van der Waals surface area contributed by atoms with Crippen molar-refractivity contribution >= 4 is 9.84 Å². The molecule has 5 heteroatoms. The first-order valence-electron chi connectivity index (χ1n) is 4.82. The van der Waals surface area contributed by atoms with E-state index in [4.69, 9.17) is 0 Å². The minimum Gasteiger partial charge on any atom is -0.274 e. The Balaban J connectivity index is 2.61. The number of nitrogens with zero attached hydrogens (tertiary/aromatic N) is 2.